The second kappa shape index (κ2) is 7.59. The highest BCUT2D eigenvalue weighted by Crippen LogP contribution is 2.24. The number of hydrogen-bond acceptors (Lipinski definition) is 4. The maximum absolute atomic E-state index is 4.53. The van der Waals surface area contributed by atoms with E-state index in [2.05, 4.69) is 44.9 Å². The molecule has 0 aliphatic carbocycles. The van der Waals surface area contributed by atoms with E-state index in [1.54, 1.807) is 0 Å². The summed E-state index contributed by atoms with van der Waals surface area (Å²) in [6.45, 7) is 9.55. The lowest BCUT2D eigenvalue weighted by molar-refractivity contribution is 0.974. The second-order valence-corrected chi connectivity index (χ2v) is 5.50. The summed E-state index contributed by atoms with van der Waals surface area (Å²) in [4.78, 5) is 9.06. The monoisotopic (exact) mass is 296 g/mol. The van der Waals surface area contributed by atoms with E-state index in [9.17, 15) is 0 Å². The highest BCUT2D eigenvalue weighted by Gasteiger charge is 2.03. The van der Waals surface area contributed by atoms with E-state index < -0.39 is 0 Å². The Morgan fingerprint density at radius 3 is 1.55 bits per heavy atom. The molecule has 1 aromatic carbocycles. The number of hydrogen-bond donors (Lipinski definition) is 2. The first-order valence-corrected chi connectivity index (χ1v) is 7.56. The van der Waals surface area contributed by atoms with Crippen LogP contribution in [-0.4, -0.2) is 24.5 Å². The molecule has 4 heteroatoms. The Bertz CT molecular complexity index is 594. The number of aliphatic imine (C=N–C) groups is 2. The SMILES string of the molecule is CC1=NCCN=C(C)/C=C(\C)Nc2ccccc2N/C(C)=C\1. The molecule has 2 rings (SSSR count). The molecule has 1 aliphatic rings. The first-order valence-electron chi connectivity index (χ1n) is 7.56. The lowest BCUT2D eigenvalue weighted by Gasteiger charge is -2.15. The zero-order valence-corrected chi connectivity index (χ0v) is 13.8. The van der Waals surface area contributed by atoms with Gasteiger partial charge in [-0.2, -0.15) is 0 Å². The standard InChI is InChI=1S/C18H24N4/c1-13-11-15(3)21-17-7-5-6-8-18(17)22-16(4)12-14(2)20-10-9-19-13/h5-8,11-12,21-22H,9-10H2,1-4H3/b15-11-,16-12+,19-13?,20-14?. The largest absolute Gasteiger partial charge is 0.357 e. The highest BCUT2D eigenvalue weighted by atomic mass is 15.0. The van der Waals surface area contributed by atoms with Gasteiger partial charge < -0.3 is 10.6 Å². The quantitative estimate of drug-likeness (QED) is 0.751. The summed E-state index contributed by atoms with van der Waals surface area (Å²) in [5, 5.41) is 6.87. The number of para-hydroxylation sites is 2. The fourth-order valence-corrected chi connectivity index (χ4v) is 2.37. The van der Waals surface area contributed by atoms with Gasteiger partial charge in [0.25, 0.3) is 0 Å². The molecule has 0 bridgehead atoms. The Hall–Kier alpha value is -2.36. The number of rotatable bonds is 0. The topological polar surface area (TPSA) is 48.8 Å². The van der Waals surface area contributed by atoms with Gasteiger partial charge in [0, 0.05) is 22.8 Å². The van der Waals surface area contributed by atoms with Crippen LogP contribution in [0.3, 0.4) is 0 Å². The van der Waals surface area contributed by atoms with Crippen LogP contribution in [0.5, 0.6) is 0 Å². The summed E-state index contributed by atoms with van der Waals surface area (Å²) in [6, 6.07) is 8.17. The van der Waals surface area contributed by atoms with Crippen LogP contribution in [0.2, 0.25) is 0 Å². The Kier molecular flexibility index (Phi) is 5.53. The number of allylic oxidation sites excluding steroid dienone is 4. The van der Waals surface area contributed by atoms with Crippen LogP contribution in [0.1, 0.15) is 27.7 Å². The number of fused-ring (bicyclic) bond motifs is 1. The van der Waals surface area contributed by atoms with Crippen LogP contribution < -0.4 is 10.6 Å². The van der Waals surface area contributed by atoms with Gasteiger partial charge in [0.05, 0.1) is 24.5 Å². The van der Waals surface area contributed by atoms with E-state index in [0.717, 1.165) is 34.2 Å². The number of benzene rings is 1. The lowest BCUT2D eigenvalue weighted by Crippen LogP contribution is -2.06. The van der Waals surface area contributed by atoms with E-state index in [1.165, 1.54) is 0 Å². The van der Waals surface area contributed by atoms with Crippen molar-refractivity contribution in [2.24, 2.45) is 9.98 Å². The Morgan fingerprint density at radius 1 is 0.727 bits per heavy atom. The average Bonchev–Trinajstić information content (AvgIpc) is 2.44. The zero-order valence-electron chi connectivity index (χ0n) is 13.8. The summed E-state index contributed by atoms with van der Waals surface area (Å²) in [5.74, 6) is 0. The molecule has 1 aromatic rings. The van der Waals surface area contributed by atoms with Crippen molar-refractivity contribution in [1.29, 1.82) is 0 Å². The fourth-order valence-electron chi connectivity index (χ4n) is 2.37. The van der Waals surface area contributed by atoms with Crippen LogP contribution in [0.15, 0.2) is 57.8 Å². The smallest absolute Gasteiger partial charge is 0.0620 e. The van der Waals surface area contributed by atoms with Crippen molar-refractivity contribution in [3.63, 3.8) is 0 Å². The normalized spacial score (nSPS) is 21.5. The van der Waals surface area contributed by atoms with Crippen LogP contribution >= 0.6 is 0 Å². The predicted octanol–water partition coefficient (Wildman–Crippen LogP) is 4.25. The molecule has 116 valence electrons. The van der Waals surface area contributed by atoms with Gasteiger partial charge in [-0.25, -0.2) is 0 Å². The van der Waals surface area contributed by atoms with Gasteiger partial charge in [-0.05, 0) is 52.0 Å². The van der Waals surface area contributed by atoms with E-state index in [1.807, 2.05) is 39.8 Å². The molecule has 0 radical (unpaired) electrons. The Morgan fingerprint density at radius 2 is 1.14 bits per heavy atom. The van der Waals surface area contributed by atoms with Crippen LogP contribution in [0.4, 0.5) is 11.4 Å². The first kappa shape index (κ1) is 16.0. The van der Waals surface area contributed by atoms with Crippen molar-refractivity contribution in [3.8, 4) is 0 Å². The molecule has 0 spiro atoms. The van der Waals surface area contributed by atoms with Crippen LogP contribution in [-0.2, 0) is 0 Å². The minimum Gasteiger partial charge on any atom is -0.357 e. The van der Waals surface area contributed by atoms with Crippen LogP contribution in [0.25, 0.3) is 0 Å². The maximum atomic E-state index is 4.53. The predicted molar refractivity (Wildman–Crippen MR) is 97.2 cm³/mol. The second-order valence-electron chi connectivity index (χ2n) is 5.50. The molecule has 4 nitrogen and oxygen atoms in total. The lowest BCUT2D eigenvalue weighted by atomic mass is 10.2. The van der Waals surface area contributed by atoms with Crippen molar-refractivity contribution < 1.29 is 0 Å². The van der Waals surface area contributed by atoms with E-state index >= 15 is 0 Å². The number of anilines is 2. The first-order chi connectivity index (χ1) is 10.5. The molecule has 0 amide bonds. The highest BCUT2D eigenvalue weighted by molar-refractivity contribution is 5.95. The van der Waals surface area contributed by atoms with Crippen molar-refractivity contribution in [2.45, 2.75) is 27.7 Å². The van der Waals surface area contributed by atoms with E-state index in [0.29, 0.717) is 13.1 Å². The molecule has 0 aromatic heterocycles. The minimum atomic E-state index is 0.712. The summed E-state index contributed by atoms with van der Waals surface area (Å²) in [6.07, 6.45) is 4.11. The molecule has 1 aliphatic heterocycles. The van der Waals surface area contributed by atoms with Crippen molar-refractivity contribution >= 4 is 22.8 Å². The molecule has 2 N–H and O–H groups in total. The third-order valence-electron chi connectivity index (χ3n) is 3.26. The number of nitrogens with one attached hydrogen (secondary N) is 2. The molecule has 0 fully saturated rings. The summed E-state index contributed by atoms with van der Waals surface area (Å²) in [7, 11) is 0. The van der Waals surface area contributed by atoms with Gasteiger partial charge in [0.15, 0.2) is 0 Å². The summed E-state index contributed by atoms with van der Waals surface area (Å²) >= 11 is 0. The van der Waals surface area contributed by atoms with Crippen molar-refractivity contribution in [2.75, 3.05) is 23.7 Å². The molecule has 0 atom stereocenters. The molecule has 22 heavy (non-hydrogen) atoms. The van der Waals surface area contributed by atoms with Gasteiger partial charge in [-0.15, -0.1) is 0 Å². The van der Waals surface area contributed by atoms with Gasteiger partial charge >= 0.3 is 0 Å². The third-order valence-corrected chi connectivity index (χ3v) is 3.26. The molecule has 0 unspecified atom stereocenters. The van der Waals surface area contributed by atoms with Crippen molar-refractivity contribution in [3.05, 3.63) is 47.8 Å². The van der Waals surface area contributed by atoms with Gasteiger partial charge in [0.1, 0.15) is 0 Å². The molecule has 0 saturated heterocycles. The van der Waals surface area contributed by atoms with Crippen molar-refractivity contribution in [1.82, 2.24) is 0 Å². The molecular weight excluding hydrogens is 272 g/mol. The third kappa shape index (κ3) is 4.88. The Labute approximate surface area is 132 Å². The molecule has 0 saturated carbocycles. The molecular formula is C18H24N4. The van der Waals surface area contributed by atoms with Gasteiger partial charge in [-0.1, -0.05) is 12.1 Å². The summed E-state index contributed by atoms with van der Waals surface area (Å²) in [5.41, 5.74) is 6.23. The van der Waals surface area contributed by atoms with Gasteiger partial charge in [-0.3, -0.25) is 9.98 Å². The Balaban J connectivity index is 2.40. The number of nitrogens with zero attached hydrogens (tertiary/aromatic N) is 2. The summed E-state index contributed by atoms with van der Waals surface area (Å²) < 4.78 is 0. The fraction of sp³-hybridized carbons (Fsp3) is 0.333. The average molecular weight is 296 g/mol. The minimum absolute atomic E-state index is 0.712. The zero-order chi connectivity index (χ0) is 15.9. The van der Waals surface area contributed by atoms with Crippen LogP contribution in [0, 0.1) is 0 Å². The van der Waals surface area contributed by atoms with E-state index in [4.69, 9.17) is 0 Å². The molecule has 1 heterocycles. The maximum Gasteiger partial charge on any atom is 0.0620 e. The van der Waals surface area contributed by atoms with Gasteiger partial charge in [0.2, 0.25) is 0 Å². The van der Waals surface area contributed by atoms with E-state index in [-0.39, 0.29) is 0 Å².